The molecule has 1 saturated carbocycles. The summed E-state index contributed by atoms with van der Waals surface area (Å²) in [5.41, 5.74) is 1.08. The molecular weight excluding hydrogens is 340 g/mol. The fraction of sp³-hybridized carbons (Fsp3) is 0.619. The number of nitrogens with zero attached hydrogens (tertiary/aromatic N) is 2. The molecule has 1 aliphatic heterocycles. The molecule has 2 N–H and O–H groups in total. The number of carbonyl (C=O) groups excluding carboxylic acids is 1. The van der Waals surface area contributed by atoms with Crippen LogP contribution in [0.1, 0.15) is 57.6 Å². The van der Waals surface area contributed by atoms with Crippen molar-refractivity contribution in [1.29, 1.82) is 0 Å². The second-order valence-electron chi connectivity index (χ2n) is 8.18. The molecule has 1 atom stereocenters. The number of hydrogen-bond acceptors (Lipinski definition) is 3. The number of amides is 1. The van der Waals surface area contributed by atoms with Gasteiger partial charge in [0.15, 0.2) is 5.96 Å². The Morgan fingerprint density at radius 2 is 2.00 bits per heavy atom. The number of carbonyl (C=O) groups is 1. The van der Waals surface area contributed by atoms with Crippen LogP contribution in [0.3, 0.4) is 0 Å². The molecule has 1 fully saturated rings. The summed E-state index contributed by atoms with van der Waals surface area (Å²) < 4.78 is 6.44. The number of guanidine groups is 1. The van der Waals surface area contributed by atoms with Gasteiger partial charge in [-0.3, -0.25) is 4.79 Å². The van der Waals surface area contributed by atoms with Crippen molar-refractivity contribution in [2.45, 2.75) is 63.6 Å². The third kappa shape index (κ3) is 4.73. The summed E-state index contributed by atoms with van der Waals surface area (Å²) in [7, 11) is 3.50. The topological polar surface area (TPSA) is 66.0 Å². The molecule has 0 radical (unpaired) electrons. The van der Waals surface area contributed by atoms with Gasteiger partial charge in [0.25, 0.3) is 0 Å². The molecule has 148 valence electrons. The highest BCUT2D eigenvalue weighted by Crippen LogP contribution is 2.46. The van der Waals surface area contributed by atoms with Crippen LogP contribution in [0.4, 0.5) is 0 Å². The van der Waals surface area contributed by atoms with E-state index in [4.69, 9.17) is 4.74 Å². The number of rotatable bonds is 4. The van der Waals surface area contributed by atoms with Gasteiger partial charge in [0.05, 0.1) is 6.04 Å². The lowest BCUT2D eigenvalue weighted by atomic mass is 9.86. The SMILES string of the molecule is CC(C)NC(=NCC(=O)N(C)C)NC1CC2(CCCC2)Oc2ccccc21. The largest absolute Gasteiger partial charge is 0.487 e. The minimum Gasteiger partial charge on any atom is -0.487 e. The van der Waals surface area contributed by atoms with Gasteiger partial charge in [-0.15, -0.1) is 0 Å². The Balaban J connectivity index is 1.83. The van der Waals surface area contributed by atoms with Crippen molar-refractivity contribution in [3.05, 3.63) is 29.8 Å². The van der Waals surface area contributed by atoms with Gasteiger partial charge < -0.3 is 20.3 Å². The molecule has 0 aromatic heterocycles. The molecule has 1 heterocycles. The molecule has 0 bridgehead atoms. The van der Waals surface area contributed by atoms with E-state index in [0.717, 1.165) is 30.6 Å². The standard InChI is InChI=1S/C21H32N4O2/c1-15(2)23-20(22-14-19(26)25(3)4)24-17-13-21(11-7-8-12-21)27-18-10-6-5-9-16(17)18/h5-6,9-10,15,17H,7-8,11-14H2,1-4H3,(H2,22,23,24). The summed E-state index contributed by atoms with van der Waals surface area (Å²) in [6, 6.07) is 8.60. The van der Waals surface area contributed by atoms with E-state index in [1.807, 2.05) is 12.1 Å². The number of benzene rings is 1. The zero-order valence-corrected chi connectivity index (χ0v) is 16.9. The number of hydrogen-bond donors (Lipinski definition) is 2. The maximum Gasteiger partial charge on any atom is 0.243 e. The molecule has 2 aliphatic rings. The Morgan fingerprint density at radius 3 is 2.67 bits per heavy atom. The fourth-order valence-corrected chi connectivity index (χ4v) is 3.93. The highest BCUT2D eigenvalue weighted by molar-refractivity contribution is 5.85. The highest BCUT2D eigenvalue weighted by atomic mass is 16.5. The van der Waals surface area contributed by atoms with Gasteiger partial charge in [0.2, 0.25) is 5.91 Å². The lowest BCUT2D eigenvalue weighted by Crippen LogP contribution is -2.48. The van der Waals surface area contributed by atoms with E-state index in [2.05, 4.69) is 41.6 Å². The molecule has 27 heavy (non-hydrogen) atoms. The molecule has 1 amide bonds. The Kier molecular flexibility index (Phi) is 5.92. The number of likely N-dealkylation sites (N-methyl/N-ethyl adjacent to an activating group) is 1. The van der Waals surface area contributed by atoms with Crippen LogP contribution in [0.2, 0.25) is 0 Å². The lowest BCUT2D eigenvalue weighted by Gasteiger charge is -2.40. The van der Waals surface area contributed by atoms with E-state index < -0.39 is 0 Å². The molecule has 6 heteroatoms. The maximum atomic E-state index is 12.0. The van der Waals surface area contributed by atoms with Crippen LogP contribution < -0.4 is 15.4 Å². The predicted octanol–water partition coefficient (Wildman–Crippen LogP) is 2.85. The van der Waals surface area contributed by atoms with Crippen LogP contribution in [-0.2, 0) is 4.79 Å². The fourth-order valence-electron chi connectivity index (χ4n) is 3.93. The van der Waals surface area contributed by atoms with E-state index in [9.17, 15) is 4.79 Å². The molecule has 0 saturated heterocycles. The predicted molar refractivity (Wildman–Crippen MR) is 108 cm³/mol. The first kappa shape index (κ1) is 19.5. The third-order valence-electron chi connectivity index (χ3n) is 5.32. The maximum absolute atomic E-state index is 12.0. The molecule has 6 nitrogen and oxygen atoms in total. The quantitative estimate of drug-likeness (QED) is 0.630. The zero-order valence-electron chi connectivity index (χ0n) is 16.9. The molecule has 1 aromatic carbocycles. The van der Waals surface area contributed by atoms with Crippen LogP contribution in [0.25, 0.3) is 0 Å². The lowest BCUT2D eigenvalue weighted by molar-refractivity contribution is -0.127. The molecular formula is C21H32N4O2. The van der Waals surface area contributed by atoms with Crippen LogP contribution in [0.5, 0.6) is 5.75 Å². The summed E-state index contributed by atoms with van der Waals surface area (Å²) in [5.74, 6) is 1.63. The van der Waals surface area contributed by atoms with Crippen molar-refractivity contribution in [3.63, 3.8) is 0 Å². The zero-order chi connectivity index (χ0) is 19.4. The van der Waals surface area contributed by atoms with E-state index in [1.54, 1.807) is 19.0 Å². The van der Waals surface area contributed by atoms with Gasteiger partial charge in [-0.05, 0) is 45.6 Å². The minimum atomic E-state index is -0.0750. The van der Waals surface area contributed by atoms with Gasteiger partial charge in [0, 0.05) is 32.1 Å². The van der Waals surface area contributed by atoms with E-state index >= 15 is 0 Å². The number of nitrogens with one attached hydrogen (secondary N) is 2. The van der Waals surface area contributed by atoms with E-state index in [0.29, 0.717) is 5.96 Å². The van der Waals surface area contributed by atoms with Gasteiger partial charge in [-0.25, -0.2) is 4.99 Å². The molecule has 1 unspecified atom stereocenters. The van der Waals surface area contributed by atoms with Crippen LogP contribution in [0, 0.1) is 0 Å². The third-order valence-corrected chi connectivity index (χ3v) is 5.32. The number of fused-ring (bicyclic) bond motifs is 1. The summed E-state index contributed by atoms with van der Waals surface area (Å²) in [6.45, 7) is 4.27. The van der Waals surface area contributed by atoms with Crippen molar-refractivity contribution in [2.75, 3.05) is 20.6 Å². The van der Waals surface area contributed by atoms with Gasteiger partial charge in [-0.2, -0.15) is 0 Å². The van der Waals surface area contributed by atoms with Gasteiger partial charge in [0.1, 0.15) is 17.9 Å². The summed E-state index contributed by atoms with van der Waals surface area (Å²) >= 11 is 0. The first-order valence-electron chi connectivity index (χ1n) is 9.94. The first-order chi connectivity index (χ1) is 12.9. The average molecular weight is 373 g/mol. The van der Waals surface area contributed by atoms with E-state index in [-0.39, 0.29) is 30.1 Å². The Morgan fingerprint density at radius 1 is 1.30 bits per heavy atom. The average Bonchev–Trinajstić information content (AvgIpc) is 3.06. The normalized spacial score (nSPS) is 20.9. The number of ether oxygens (including phenoxy) is 1. The van der Waals surface area contributed by atoms with Crippen molar-refractivity contribution < 1.29 is 9.53 Å². The second-order valence-corrected chi connectivity index (χ2v) is 8.18. The highest BCUT2D eigenvalue weighted by Gasteiger charge is 2.43. The van der Waals surface area contributed by atoms with Crippen LogP contribution >= 0.6 is 0 Å². The van der Waals surface area contributed by atoms with Crippen molar-refractivity contribution in [3.8, 4) is 5.75 Å². The Hall–Kier alpha value is -2.24. The van der Waals surface area contributed by atoms with Crippen molar-refractivity contribution in [2.24, 2.45) is 4.99 Å². The summed E-state index contributed by atoms with van der Waals surface area (Å²) in [4.78, 5) is 18.1. The minimum absolute atomic E-state index is 0.0144. The Labute approximate surface area is 162 Å². The number of para-hydroxylation sites is 1. The molecule has 1 spiro atoms. The van der Waals surface area contributed by atoms with E-state index in [1.165, 1.54) is 12.8 Å². The van der Waals surface area contributed by atoms with Crippen LogP contribution in [-0.4, -0.2) is 49.0 Å². The summed E-state index contributed by atoms with van der Waals surface area (Å²) in [5, 5.41) is 6.94. The van der Waals surface area contributed by atoms with Gasteiger partial charge >= 0.3 is 0 Å². The van der Waals surface area contributed by atoms with Crippen LogP contribution in [0.15, 0.2) is 29.3 Å². The monoisotopic (exact) mass is 372 g/mol. The first-order valence-corrected chi connectivity index (χ1v) is 9.94. The van der Waals surface area contributed by atoms with Gasteiger partial charge in [-0.1, -0.05) is 18.2 Å². The molecule has 3 rings (SSSR count). The number of aliphatic imine (C=N–C) groups is 1. The molecule has 1 aliphatic carbocycles. The smallest absolute Gasteiger partial charge is 0.243 e. The van der Waals surface area contributed by atoms with Crippen molar-refractivity contribution >= 4 is 11.9 Å². The van der Waals surface area contributed by atoms with Crippen molar-refractivity contribution in [1.82, 2.24) is 15.5 Å². The summed E-state index contributed by atoms with van der Waals surface area (Å²) in [6.07, 6.45) is 5.56. The molecule has 1 aromatic rings. The second kappa shape index (κ2) is 8.19. The Bertz CT molecular complexity index is 693.